The summed E-state index contributed by atoms with van der Waals surface area (Å²) in [4.78, 5) is 0. The van der Waals surface area contributed by atoms with E-state index in [2.05, 4.69) is 76.7 Å². The van der Waals surface area contributed by atoms with Crippen molar-refractivity contribution in [2.45, 2.75) is 13.8 Å². The average Bonchev–Trinajstić information content (AvgIpc) is 1.89. The monoisotopic (exact) mass is 324 g/mol. The van der Waals surface area contributed by atoms with Crippen LogP contribution in [0.1, 0.15) is 13.8 Å². The zero-order chi connectivity index (χ0) is 8.48. The third-order valence-electron chi connectivity index (χ3n) is 1.42. The predicted octanol–water partition coefficient (Wildman–Crippen LogP) is 4.18. The van der Waals surface area contributed by atoms with Crippen LogP contribution in [0, 0.1) is 5.41 Å². The molecular formula is C9H10BrI. The highest BCUT2D eigenvalue weighted by Crippen LogP contribution is 2.30. The first-order chi connectivity index (χ1) is 4.99. The van der Waals surface area contributed by atoms with Crippen LogP contribution in [0.15, 0.2) is 32.4 Å². The minimum absolute atomic E-state index is 0.166. The topological polar surface area (TPSA) is 0 Å². The summed E-state index contributed by atoms with van der Waals surface area (Å²) in [6.07, 6.45) is 8.64. The highest BCUT2D eigenvalue weighted by atomic mass is 127. The van der Waals surface area contributed by atoms with Crippen molar-refractivity contribution < 1.29 is 0 Å². The molecular weight excluding hydrogens is 315 g/mol. The lowest BCUT2D eigenvalue weighted by atomic mass is 9.93. The lowest BCUT2D eigenvalue weighted by molar-refractivity contribution is 0.626. The van der Waals surface area contributed by atoms with Gasteiger partial charge in [-0.25, -0.2) is 0 Å². The molecule has 0 fully saturated rings. The van der Waals surface area contributed by atoms with Crippen molar-refractivity contribution >= 4 is 38.5 Å². The third-order valence-corrected chi connectivity index (χ3v) is 2.59. The van der Waals surface area contributed by atoms with E-state index in [1.807, 2.05) is 0 Å². The normalized spacial score (nSPS) is 22.2. The van der Waals surface area contributed by atoms with E-state index in [1.165, 1.54) is 3.58 Å². The highest BCUT2D eigenvalue weighted by molar-refractivity contribution is 14.1. The van der Waals surface area contributed by atoms with Crippen LogP contribution in [0.4, 0.5) is 0 Å². The van der Waals surface area contributed by atoms with Crippen molar-refractivity contribution in [1.82, 2.24) is 0 Å². The van der Waals surface area contributed by atoms with Gasteiger partial charge in [0.15, 0.2) is 0 Å². The Hall–Kier alpha value is 0.430. The van der Waals surface area contributed by atoms with Crippen LogP contribution in [0.25, 0.3) is 0 Å². The number of rotatable bonds is 0. The van der Waals surface area contributed by atoms with Crippen molar-refractivity contribution in [2.75, 3.05) is 0 Å². The van der Waals surface area contributed by atoms with Crippen LogP contribution in [0.5, 0.6) is 0 Å². The number of hydrogen-bond donors (Lipinski definition) is 0. The molecule has 0 radical (unpaired) electrons. The van der Waals surface area contributed by atoms with Gasteiger partial charge in [0.1, 0.15) is 0 Å². The molecule has 1 aliphatic rings. The molecule has 2 heteroatoms. The maximum Gasteiger partial charge on any atom is 0.0144 e. The largest absolute Gasteiger partial charge is 0.0616 e. The van der Waals surface area contributed by atoms with Gasteiger partial charge in [-0.15, -0.1) is 0 Å². The molecule has 0 aromatic heterocycles. The van der Waals surface area contributed by atoms with Gasteiger partial charge in [0.05, 0.1) is 0 Å². The Kier molecular flexibility index (Phi) is 2.97. The molecule has 0 aliphatic heterocycles. The van der Waals surface area contributed by atoms with E-state index in [0.29, 0.717) is 0 Å². The molecule has 0 amide bonds. The van der Waals surface area contributed by atoms with Gasteiger partial charge in [-0.1, -0.05) is 41.9 Å². The maximum absolute atomic E-state index is 3.48. The molecule has 0 saturated heterocycles. The molecule has 0 spiro atoms. The predicted molar refractivity (Wildman–Crippen MR) is 62.0 cm³/mol. The average molecular weight is 325 g/mol. The van der Waals surface area contributed by atoms with Gasteiger partial charge in [0.2, 0.25) is 0 Å². The molecule has 60 valence electrons. The Morgan fingerprint density at radius 3 is 2.55 bits per heavy atom. The summed E-state index contributed by atoms with van der Waals surface area (Å²) >= 11 is 5.82. The smallest absolute Gasteiger partial charge is 0.0144 e. The molecule has 0 N–H and O–H groups in total. The van der Waals surface area contributed by atoms with Crippen LogP contribution < -0.4 is 0 Å². The SMILES string of the molecule is CC1(C)C=C(Br)C=CC(I)=C1. The van der Waals surface area contributed by atoms with E-state index < -0.39 is 0 Å². The number of hydrogen-bond acceptors (Lipinski definition) is 0. The molecule has 0 nitrogen and oxygen atoms in total. The second kappa shape index (κ2) is 3.44. The molecule has 0 aromatic rings. The van der Waals surface area contributed by atoms with E-state index in [9.17, 15) is 0 Å². The molecule has 11 heavy (non-hydrogen) atoms. The lowest BCUT2D eigenvalue weighted by Gasteiger charge is -2.14. The summed E-state index contributed by atoms with van der Waals surface area (Å²) < 4.78 is 2.45. The van der Waals surface area contributed by atoms with Gasteiger partial charge in [-0.05, 0) is 34.7 Å². The van der Waals surface area contributed by atoms with Crippen molar-refractivity contribution in [3.05, 3.63) is 32.4 Å². The number of allylic oxidation sites excluding steroid dienone is 6. The standard InChI is InChI=1S/C9H10BrI/c1-9(2)5-7(10)3-4-8(11)6-9/h3-6H,1-2H3. The Balaban J connectivity index is 3.03. The van der Waals surface area contributed by atoms with Crippen LogP contribution in [0.3, 0.4) is 0 Å². The minimum Gasteiger partial charge on any atom is -0.0616 e. The van der Waals surface area contributed by atoms with Gasteiger partial charge in [-0.3, -0.25) is 0 Å². The summed E-state index contributed by atoms with van der Waals surface area (Å²) in [5.41, 5.74) is 0.166. The zero-order valence-electron chi connectivity index (χ0n) is 6.57. The molecule has 1 aliphatic carbocycles. The molecule has 0 heterocycles. The van der Waals surface area contributed by atoms with E-state index in [-0.39, 0.29) is 5.41 Å². The summed E-state index contributed by atoms with van der Waals surface area (Å²) in [7, 11) is 0. The van der Waals surface area contributed by atoms with Crippen molar-refractivity contribution in [2.24, 2.45) is 5.41 Å². The van der Waals surface area contributed by atoms with Gasteiger partial charge in [-0.2, -0.15) is 0 Å². The van der Waals surface area contributed by atoms with Gasteiger partial charge in [0, 0.05) is 13.5 Å². The maximum atomic E-state index is 3.48. The number of halogens is 2. The van der Waals surface area contributed by atoms with E-state index in [1.54, 1.807) is 0 Å². The summed E-state index contributed by atoms with van der Waals surface area (Å²) in [5, 5.41) is 0. The molecule has 0 atom stereocenters. The van der Waals surface area contributed by atoms with Gasteiger partial charge >= 0.3 is 0 Å². The first-order valence-corrected chi connectivity index (χ1v) is 5.32. The zero-order valence-corrected chi connectivity index (χ0v) is 10.3. The molecule has 0 saturated carbocycles. The van der Waals surface area contributed by atoms with Crippen LogP contribution in [-0.2, 0) is 0 Å². The fourth-order valence-electron chi connectivity index (χ4n) is 1.01. The molecule has 0 bridgehead atoms. The Morgan fingerprint density at radius 2 is 1.91 bits per heavy atom. The van der Waals surface area contributed by atoms with Crippen LogP contribution in [-0.4, -0.2) is 0 Å². The second-order valence-electron chi connectivity index (χ2n) is 3.21. The van der Waals surface area contributed by atoms with Crippen molar-refractivity contribution in [3.63, 3.8) is 0 Å². The molecule has 1 rings (SSSR count). The summed E-state index contributed by atoms with van der Waals surface area (Å²) in [6, 6.07) is 0. The fourth-order valence-corrected chi connectivity index (χ4v) is 2.71. The Labute approximate surface area is 89.7 Å². The highest BCUT2D eigenvalue weighted by Gasteiger charge is 2.13. The summed E-state index contributed by atoms with van der Waals surface area (Å²) in [5.74, 6) is 0. The van der Waals surface area contributed by atoms with Crippen molar-refractivity contribution in [1.29, 1.82) is 0 Å². The lowest BCUT2D eigenvalue weighted by Crippen LogP contribution is -2.02. The minimum atomic E-state index is 0.166. The Bertz CT molecular complexity index is 222. The Morgan fingerprint density at radius 1 is 1.27 bits per heavy atom. The van der Waals surface area contributed by atoms with Crippen LogP contribution >= 0.6 is 38.5 Å². The fraction of sp³-hybridized carbons (Fsp3) is 0.333. The van der Waals surface area contributed by atoms with E-state index in [0.717, 1.165) is 4.48 Å². The van der Waals surface area contributed by atoms with E-state index in [4.69, 9.17) is 0 Å². The van der Waals surface area contributed by atoms with Crippen LogP contribution in [0.2, 0.25) is 0 Å². The van der Waals surface area contributed by atoms with Gasteiger partial charge < -0.3 is 0 Å². The molecule has 0 unspecified atom stereocenters. The first kappa shape index (κ1) is 9.52. The van der Waals surface area contributed by atoms with Gasteiger partial charge in [0.25, 0.3) is 0 Å². The van der Waals surface area contributed by atoms with Crippen molar-refractivity contribution in [3.8, 4) is 0 Å². The first-order valence-electron chi connectivity index (χ1n) is 3.44. The quantitative estimate of drug-likeness (QED) is 0.586. The second-order valence-corrected chi connectivity index (χ2v) is 5.37. The van der Waals surface area contributed by atoms with E-state index >= 15 is 0 Å². The summed E-state index contributed by atoms with van der Waals surface area (Å²) in [6.45, 7) is 4.39. The third kappa shape index (κ3) is 3.11. The molecule has 0 aromatic carbocycles.